The molecule has 2 rings (SSSR count). The Hall–Kier alpha value is -1.97. The molecule has 2 heterocycles. The largest absolute Gasteiger partial charge is 0.444 e. The number of fused-ring (bicyclic) bond motifs is 1. The highest BCUT2D eigenvalue weighted by Crippen LogP contribution is 2.35. The van der Waals surface area contributed by atoms with E-state index in [-0.39, 0.29) is 17.8 Å². The molecule has 0 aromatic rings. The molecule has 3 N–H and O–H groups in total. The number of carbonyl (C=O) groups is 4. The van der Waals surface area contributed by atoms with Crippen molar-refractivity contribution in [3.05, 3.63) is 0 Å². The van der Waals surface area contributed by atoms with E-state index < -0.39 is 35.6 Å². The number of primary amides is 1. The first-order valence-corrected chi connectivity index (χ1v) is 10.0. The zero-order chi connectivity index (χ0) is 20.4. The van der Waals surface area contributed by atoms with E-state index in [2.05, 4.69) is 5.32 Å². The summed E-state index contributed by atoms with van der Waals surface area (Å²) in [6.07, 6.45) is 1.10. The van der Waals surface area contributed by atoms with Gasteiger partial charge in [0.1, 0.15) is 24.2 Å². The van der Waals surface area contributed by atoms with Gasteiger partial charge >= 0.3 is 6.09 Å². The van der Waals surface area contributed by atoms with Crippen molar-refractivity contribution in [1.82, 2.24) is 15.1 Å². The van der Waals surface area contributed by atoms with Crippen LogP contribution >= 0.6 is 11.8 Å². The smallest absolute Gasteiger partial charge is 0.410 e. The highest BCUT2D eigenvalue weighted by Gasteiger charge is 2.44. The summed E-state index contributed by atoms with van der Waals surface area (Å²) in [5.74, 6) is -0.590. The van der Waals surface area contributed by atoms with Gasteiger partial charge in [-0.2, -0.15) is 0 Å². The van der Waals surface area contributed by atoms with Crippen LogP contribution in [0.2, 0.25) is 0 Å². The third-order valence-electron chi connectivity index (χ3n) is 4.35. The lowest BCUT2D eigenvalue weighted by Crippen LogP contribution is -2.54. The summed E-state index contributed by atoms with van der Waals surface area (Å²) < 4.78 is 5.21. The maximum Gasteiger partial charge on any atom is 0.410 e. The second kappa shape index (κ2) is 8.37. The normalized spacial score (nSPS) is 25.4. The van der Waals surface area contributed by atoms with E-state index >= 15 is 0 Å². The fourth-order valence-electron chi connectivity index (χ4n) is 3.14. The number of thioether (sulfide) groups is 1. The molecule has 2 saturated heterocycles. The van der Waals surface area contributed by atoms with Crippen LogP contribution in [0.4, 0.5) is 4.79 Å². The Morgan fingerprint density at radius 1 is 1.30 bits per heavy atom. The minimum atomic E-state index is -0.734. The lowest BCUT2D eigenvalue weighted by atomic mass is 10.1. The molecule has 27 heavy (non-hydrogen) atoms. The van der Waals surface area contributed by atoms with Crippen LogP contribution in [-0.2, 0) is 19.1 Å². The van der Waals surface area contributed by atoms with Crippen LogP contribution in [0.5, 0.6) is 0 Å². The Morgan fingerprint density at radius 3 is 2.56 bits per heavy atom. The molecule has 4 amide bonds. The fraction of sp³-hybridized carbons (Fsp3) is 0.765. The van der Waals surface area contributed by atoms with Gasteiger partial charge in [0.15, 0.2) is 0 Å². The second-order valence-electron chi connectivity index (χ2n) is 7.81. The minimum Gasteiger partial charge on any atom is -0.444 e. The number of amides is 4. The van der Waals surface area contributed by atoms with Crippen LogP contribution in [0.25, 0.3) is 0 Å². The molecule has 0 spiro atoms. The number of likely N-dealkylation sites (N-methyl/N-ethyl adjacent to an activating group) is 1. The van der Waals surface area contributed by atoms with Gasteiger partial charge in [0.05, 0.1) is 5.37 Å². The highest BCUT2D eigenvalue weighted by molar-refractivity contribution is 7.99. The number of ether oxygens (including phenoxy) is 1. The predicted molar refractivity (Wildman–Crippen MR) is 101 cm³/mol. The average Bonchev–Trinajstić information content (AvgIpc) is 2.89. The Morgan fingerprint density at radius 2 is 1.96 bits per heavy atom. The number of nitrogens with two attached hydrogens (primary N) is 1. The quantitative estimate of drug-likeness (QED) is 0.699. The molecule has 0 aromatic carbocycles. The molecule has 0 saturated carbocycles. The number of rotatable bonds is 4. The minimum absolute atomic E-state index is 0.0821. The number of nitrogens with zero attached hydrogens (tertiary/aromatic N) is 2. The molecule has 0 unspecified atom stereocenters. The Kier molecular flexibility index (Phi) is 6.61. The third-order valence-corrected chi connectivity index (χ3v) is 5.67. The SMILES string of the molecule is CN(CC(=O)N[C@H]1CCS[C@H]2CC[C@@H](C(N)=O)N2C1=O)C(=O)OC(C)(C)C. The summed E-state index contributed by atoms with van der Waals surface area (Å²) in [7, 11) is 1.46. The fourth-order valence-corrected chi connectivity index (χ4v) is 4.49. The van der Waals surface area contributed by atoms with Crippen LogP contribution in [0.1, 0.15) is 40.0 Å². The Balaban J connectivity index is 1.97. The van der Waals surface area contributed by atoms with Gasteiger partial charge in [-0.3, -0.25) is 14.4 Å². The van der Waals surface area contributed by atoms with Crippen LogP contribution in [0.3, 0.4) is 0 Å². The van der Waals surface area contributed by atoms with Crippen molar-refractivity contribution >= 4 is 35.6 Å². The molecule has 3 atom stereocenters. The summed E-state index contributed by atoms with van der Waals surface area (Å²) in [4.78, 5) is 51.5. The number of nitrogens with one attached hydrogen (secondary N) is 1. The van der Waals surface area contributed by atoms with Crippen molar-refractivity contribution in [3.8, 4) is 0 Å². The molecular formula is C17H28N4O5S. The van der Waals surface area contributed by atoms with Crippen LogP contribution in [-0.4, -0.2) is 76.0 Å². The molecule has 0 aliphatic carbocycles. The van der Waals surface area contributed by atoms with Gasteiger partial charge in [-0.1, -0.05) is 0 Å². The predicted octanol–water partition coefficient (Wildman–Crippen LogP) is 0.277. The van der Waals surface area contributed by atoms with E-state index in [1.54, 1.807) is 32.5 Å². The molecule has 0 bridgehead atoms. The first kappa shape index (κ1) is 21.3. The topological polar surface area (TPSA) is 122 Å². The first-order valence-electron chi connectivity index (χ1n) is 8.96. The first-order chi connectivity index (χ1) is 12.5. The van der Waals surface area contributed by atoms with Crippen LogP contribution in [0.15, 0.2) is 0 Å². The summed E-state index contributed by atoms with van der Waals surface area (Å²) in [6, 6.07) is -1.36. The zero-order valence-corrected chi connectivity index (χ0v) is 17.0. The van der Waals surface area contributed by atoms with Crippen molar-refractivity contribution in [3.63, 3.8) is 0 Å². The van der Waals surface area contributed by atoms with Crippen molar-refractivity contribution in [2.45, 2.75) is 63.1 Å². The summed E-state index contributed by atoms with van der Waals surface area (Å²) in [6.45, 7) is 4.99. The van der Waals surface area contributed by atoms with Gasteiger partial charge < -0.3 is 25.6 Å². The number of carbonyl (C=O) groups excluding carboxylic acids is 4. The van der Waals surface area contributed by atoms with Gasteiger partial charge in [0.25, 0.3) is 0 Å². The van der Waals surface area contributed by atoms with Crippen molar-refractivity contribution < 1.29 is 23.9 Å². The Bertz CT molecular complexity index is 621. The summed E-state index contributed by atoms with van der Waals surface area (Å²) in [5, 5.41) is 2.60. The lowest BCUT2D eigenvalue weighted by Gasteiger charge is -2.29. The standard InChI is InChI=1S/C17H28N4O5S/c1-17(2,3)26-16(25)20(4)9-12(22)19-10-7-8-27-13-6-5-11(14(18)23)21(13)15(10)24/h10-11,13H,5-9H2,1-4H3,(H2,18,23)(H,19,22)/t10-,11-,13-/m0/s1. The summed E-state index contributed by atoms with van der Waals surface area (Å²) in [5.41, 5.74) is 4.76. The maximum atomic E-state index is 12.9. The molecular weight excluding hydrogens is 372 g/mol. The molecule has 9 nitrogen and oxygen atoms in total. The van der Waals surface area contributed by atoms with E-state index in [1.165, 1.54) is 11.9 Å². The van der Waals surface area contributed by atoms with Crippen molar-refractivity contribution in [2.24, 2.45) is 5.73 Å². The van der Waals surface area contributed by atoms with E-state index in [9.17, 15) is 19.2 Å². The van der Waals surface area contributed by atoms with E-state index in [0.717, 1.165) is 4.90 Å². The maximum absolute atomic E-state index is 12.9. The Labute approximate surface area is 163 Å². The molecule has 2 aliphatic heterocycles. The van der Waals surface area contributed by atoms with Crippen LogP contribution in [0, 0.1) is 0 Å². The lowest BCUT2D eigenvalue weighted by molar-refractivity contribution is -0.141. The summed E-state index contributed by atoms with van der Waals surface area (Å²) >= 11 is 1.60. The molecule has 0 aromatic heterocycles. The number of hydrogen-bond acceptors (Lipinski definition) is 6. The molecule has 0 radical (unpaired) electrons. The monoisotopic (exact) mass is 400 g/mol. The molecule has 10 heteroatoms. The van der Waals surface area contributed by atoms with Gasteiger partial charge in [0.2, 0.25) is 17.7 Å². The molecule has 2 aliphatic rings. The van der Waals surface area contributed by atoms with Crippen molar-refractivity contribution in [2.75, 3.05) is 19.3 Å². The third kappa shape index (κ3) is 5.50. The van der Waals surface area contributed by atoms with Gasteiger partial charge in [0, 0.05) is 7.05 Å². The second-order valence-corrected chi connectivity index (χ2v) is 9.10. The molecule has 152 valence electrons. The highest BCUT2D eigenvalue weighted by atomic mass is 32.2. The van der Waals surface area contributed by atoms with E-state index in [4.69, 9.17) is 10.5 Å². The van der Waals surface area contributed by atoms with E-state index in [0.29, 0.717) is 25.0 Å². The molecule has 2 fully saturated rings. The van der Waals surface area contributed by atoms with Crippen LogP contribution < -0.4 is 11.1 Å². The van der Waals surface area contributed by atoms with Gasteiger partial charge in [-0.25, -0.2) is 4.79 Å². The number of hydrogen-bond donors (Lipinski definition) is 2. The van der Waals surface area contributed by atoms with Gasteiger partial charge in [-0.05, 0) is 45.8 Å². The van der Waals surface area contributed by atoms with Crippen molar-refractivity contribution in [1.29, 1.82) is 0 Å². The van der Waals surface area contributed by atoms with Gasteiger partial charge in [-0.15, -0.1) is 11.8 Å². The van der Waals surface area contributed by atoms with E-state index in [1.807, 2.05) is 0 Å². The average molecular weight is 401 g/mol. The zero-order valence-electron chi connectivity index (χ0n) is 16.2.